The lowest BCUT2D eigenvalue weighted by atomic mass is 10.0. The quantitative estimate of drug-likeness (QED) is 0.651. The second-order valence-electron chi connectivity index (χ2n) is 6.23. The van der Waals surface area contributed by atoms with Crippen molar-refractivity contribution in [2.24, 2.45) is 0 Å². The van der Waals surface area contributed by atoms with E-state index in [4.69, 9.17) is 11.6 Å². The Morgan fingerprint density at radius 3 is 2.39 bits per heavy atom. The highest BCUT2D eigenvalue weighted by molar-refractivity contribution is 6.31. The van der Waals surface area contributed by atoms with Crippen LogP contribution in [0.2, 0.25) is 5.02 Å². The maximum absolute atomic E-state index is 13.7. The number of aromatic amines is 1. The minimum atomic E-state index is -1.14. The smallest absolute Gasteiger partial charge is 0.322 e. The molecule has 9 heteroatoms. The summed E-state index contributed by atoms with van der Waals surface area (Å²) < 4.78 is 40.5. The molecule has 2 aromatic carbocycles. The second-order valence-corrected chi connectivity index (χ2v) is 6.64. The lowest BCUT2D eigenvalue weighted by molar-refractivity contribution is 0.208. The van der Waals surface area contributed by atoms with E-state index in [-0.39, 0.29) is 21.5 Å². The standard InChI is InChI=1S/C19H15ClF3N3O2/c1-9(26(2)19(28)25-10-3-4-15(21)14(20)5-10)13-8-24-18(27)12-7-17(23)16(22)6-11(12)13/h3-9H,1-2H3,(H,24,27)(H,25,28)/t9-/m0/s1. The van der Waals surface area contributed by atoms with Gasteiger partial charge in [0.25, 0.3) is 5.56 Å². The van der Waals surface area contributed by atoms with Gasteiger partial charge in [0.15, 0.2) is 11.6 Å². The zero-order valence-electron chi connectivity index (χ0n) is 14.8. The van der Waals surface area contributed by atoms with Gasteiger partial charge in [-0.15, -0.1) is 0 Å². The van der Waals surface area contributed by atoms with Crippen molar-refractivity contribution in [1.82, 2.24) is 9.88 Å². The van der Waals surface area contributed by atoms with Gasteiger partial charge in [0.05, 0.1) is 16.5 Å². The number of hydrogen-bond donors (Lipinski definition) is 2. The number of fused-ring (bicyclic) bond motifs is 1. The molecule has 2 N–H and O–H groups in total. The molecule has 0 saturated carbocycles. The maximum Gasteiger partial charge on any atom is 0.322 e. The highest BCUT2D eigenvalue weighted by atomic mass is 35.5. The summed E-state index contributed by atoms with van der Waals surface area (Å²) in [5.74, 6) is -2.85. The van der Waals surface area contributed by atoms with Crippen LogP contribution < -0.4 is 10.9 Å². The van der Waals surface area contributed by atoms with Crippen LogP contribution in [0.5, 0.6) is 0 Å². The molecule has 0 unspecified atom stereocenters. The predicted molar refractivity (Wildman–Crippen MR) is 101 cm³/mol. The summed E-state index contributed by atoms with van der Waals surface area (Å²) >= 11 is 5.70. The fraction of sp³-hybridized carbons (Fsp3) is 0.158. The van der Waals surface area contributed by atoms with Crippen LogP contribution in [0.25, 0.3) is 10.8 Å². The van der Waals surface area contributed by atoms with Crippen molar-refractivity contribution in [1.29, 1.82) is 0 Å². The van der Waals surface area contributed by atoms with Crippen molar-refractivity contribution >= 4 is 34.1 Å². The molecule has 146 valence electrons. The number of benzene rings is 2. The zero-order valence-corrected chi connectivity index (χ0v) is 15.6. The van der Waals surface area contributed by atoms with Gasteiger partial charge in [-0.3, -0.25) is 4.79 Å². The second kappa shape index (κ2) is 7.55. The lowest BCUT2D eigenvalue weighted by Gasteiger charge is -2.26. The topological polar surface area (TPSA) is 65.2 Å². The lowest BCUT2D eigenvalue weighted by Crippen LogP contribution is -2.34. The first-order chi connectivity index (χ1) is 13.2. The molecular weight excluding hydrogens is 395 g/mol. The number of urea groups is 1. The number of aromatic nitrogens is 1. The molecule has 3 rings (SSSR count). The van der Waals surface area contributed by atoms with Crippen molar-refractivity contribution in [2.75, 3.05) is 12.4 Å². The number of pyridine rings is 1. The van der Waals surface area contributed by atoms with Gasteiger partial charge in [0, 0.05) is 18.9 Å². The van der Waals surface area contributed by atoms with Crippen LogP contribution in [0.15, 0.2) is 41.3 Å². The van der Waals surface area contributed by atoms with Gasteiger partial charge in [-0.05, 0) is 48.2 Å². The minimum absolute atomic E-state index is 0.0256. The molecule has 0 radical (unpaired) electrons. The van der Waals surface area contributed by atoms with Crippen molar-refractivity contribution in [3.63, 3.8) is 0 Å². The number of amides is 2. The molecule has 0 spiro atoms. The Hall–Kier alpha value is -3.00. The predicted octanol–water partition coefficient (Wildman–Crippen LogP) is 4.82. The van der Waals surface area contributed by atoms with Gasteiger partial charge in [-0.2, -0.15) is 0 Å². The summed E-state index contributed by atoms with van der Waals surface area (Å²) in [6.45, 7) is 1.66. The van der Waals surface area contributed by atoms with Crippen molar-refractivity contribution < 1.29 is 18.0 Å². The summed E-state index contributed by atoms with van der Waals surface area (Å²) in [6, 6.07) is 4.33. The Bertz CT molecular complexity index is 1130. The van der Waals surface area contributed by atoms with Crippen LogP contribution in [0.4, 0.5) is 23.7 Å². The molecule has 3 aromatic rings. The highest BCUT2D eigenvalue weighted by Crippen LogP contribution is 2.27. The molecule has 0 aliphatic rings. The molecule has 1 heterocycles. The van der Waals surface area contributed by atoms with Crippen molar-refractivity contribution in [3.05, 3.63) is 74.9 Å². The number of halogens is 4. The molecule has 0 bridgehead atoms. The molecule has 0 aliphatic heterocycles. The molecule has 1 aromatic heterocycles. The van der Waals surface area contributed by atoms with Gasteiger partial charge < -0.3 is 15.2 Å². The molecule has 0 aliphatic carbocycles. The molecular formula is C19H15ClF3N3O2. The fourth-order valence-corrected chi connectivity index (χ4v) is 2.97. The number of nitrogens with one attached hydrogen (secondary N) is 2. The minimum Gasteiger partial charge on any atom is -0.328 e. The maximum atomic E-state index is 13.7. The molecule has 5 nitrogen and oxygen atoms in total. The van der Waals surface area contributed by atoms with E-state index in [9.17, 15) is 22.8 Å². The molecule has 0 saturated heterocycles. The summed E-state index contributed by atoms with van der Waals surface area (Å²) in [6.07, 6.45) is 1.35. The van der Waals surface area contributed by atoms with E-state index >= 15 is 0 Å². The summed E-state index contributed by atoms with van der Waals surface area (Å²) in [5.41, 5.74) is 0.135. The summed E-state index contributed by atoms with van der Waals surface area (Å²) in [7, 11) is 1.49. The number of nitrogens with zero attached hydrogens (tertiary/aromatic N) is 1. The first kappa shape index (κ1) is 19.8. The van der Waals surface area contributed by atoms with Crippen LogP contribution in [0.1, 0.15) is 18.5 Å². The SMILES string of the molecule is C[C@@H](c1c[nH]c(=O)c2cc(F)c(F)cc12)N(C)C(=O)Nc1ccc(F)c(Cl)c1. The van der Waals surface area contributed by atoms with E-state index in [1.165, 1.54) is 30.3 Å². The van der Waals surface area contributed by atoms with E-state index in [0.717, 1.165) is 18.2 Å². The third-order valence-electron chi connectivity index (χ3n) is 4.50. The normalized spacial score (nSPS) is 12.1. The number of carbonyl (C=O) groups is 1. The monoisotopic (exact) mass is 409 g/mol. The fourth-order valence-electron chi connectivity index (χ4n) is 2.79. The summed E-state index contributed by atoms with van der Waals surface area (Å²) in [4.78, 5) is 28.2. The van der Waals surface area contributed by atoms with Gasteiger partial charge in [0.1, 0.15) is 5.82 Å². The van der Waals surface area contributed by atoms with Crippen LogP contribution in [0.3, 0.4) is 0 Å². The Balaban J connectivity index is 1.92. The average molecular weight is 410 g/mol. The first-order valence-electron chi connectivity index (χ1n) is 8.18. The van der Waals surface area contributed by atoms with Gasteiger partial charge in [-0.25, -0.2) is 18.0 Å². The van der Waals surface area contributed by atoms with Gasteiger partial charge in [0.2, 0.25) is 0 Å². The Morgan fingerprint density at radius 1 is 1.11 bits per heavy atom. The van der Waals surface area contributed by atoms with Crippen LogP contribution in [0, 0.1) is 17.5 Å². The molecule has 0 fully saturated rings. The number of hydrogen-bond acceptors (Lipinski definition) is 2. The number of rotatable bonds is 3. The third kappa shape index (κ3) is 3.68. The third-order valence-corrected chi connectivity index (χ3v) is 4.79. The summed E-state index contributed by atoms with van der Waals surface area (Å²) in [5, 5.41) is 2.60. The van der Waals surface area contributed by atoms with Gasteiger partial charge in [-0.1, -0.05) is 11.6 Å². The first-order valence-corrected chi connectivity index (χ1v) is 8.56. The molecule has 28 heavy (non-hydrogen) atoms. The van der Waals surface area contributed by atoms with Crippen molar-refractivity contribution in [2.45, 2.75) is 13.0 Å². The van der Waals surface area contributed by atoms with Crippen LogP contribution in [-0.4, -0.2) is 23.0 Å². The number of anilines is 1. The number of H-pyrrole nitrogens is 1. The van der Waals surface area contributed by atoms with Crippen LogP contribution >= 0.6 is 11.6 Å². The van der Waals surface area contributed by atoms with E-state index in [1.807, 2.05) is 0 Å². The number of carbonyl (C=O) groups excluding carboxylic acids is 1. The van der Waals surface area contributed by atoms with E-state index in [2.05, 4.69) is 10.3 Å². The highest BCUT2D eigenvalue weighted by Gasteiger charge is 2.21. The van der Waals surface area contributed by atoms with E-state index < -0.39 is 35.1 Å². The largest absolute Gasteiger partial charge is 0.328 e. The van der Waals surface area contributed by atoms with E-state index in [0.29, 0.717) is 5.56 Å². The molecule has 1 atom stereocenters. The Kier molecular flexibility index (Phi) is 5.33. The zero-order chi connectivity index (χ0) is 20.6. The van der Waals surface area contributed by atoms with Crippen molar-refractivity contribution in [3.8, 4) is 0 Å². The Labute approximate surface area is 162 Å². The van der Waals surface area contributed by atoms with Crippen LogP contribution in [-0.2, 0) is 0 Å². The Morgan fingerprint density at radius 2 is 1.75 bits per heavy atom. The van der Waals surface area contributed by atoms with E-state index in [1.54, 1.807) is 6.92 Å². The molecule has 2 amide bonds. The van der Waals surface area contributed by atoms with Gasteiger partial charge >= 0.3 is 6.03 Å². The average Bonchev–Trinajstić information content (AvgIpc) is 2.65.